The molecular formula is C18H20N4O3S. The van der Waals surface area contributed by atoms with E-state index in [4.69, 9.17) is 5.73 Å². The Hall–Kier alpha value is -2.45. The van der Waals surface area contributed by atoms with E-state index in [1.54, 1.807) is 28.2 Å². The summed E-state index contributed by atoms with van der Waals surface area (Å²) in [4.78, 5) is 16.4. The number of sulfonamides is 1. The van der Waals surface area contributed by atoms with Crippen LogP contribution >= 0.6 is 0 Å². The first kappa shape index (κ1) is 17.0. The van der Waals surface area contributed by atoms with Crippen molar-refractivity contribution in [3.05, 3.63) is 59.8 Å². The molecule has 26 heavy (non-hydrogen) atoms. The van der Waals surface area contributed by atoms with Crippen LogP contribution in [0, 0.1) is 0 Å². The molecular weight excluding hydrogens is 352 g/mol. The normalized spacial score (nSPS) is 27.0. The van der Waals surface area contributed by atoms with Gasteiger partial charge in [0.1, 0.15) is 5.84 Å². The Morgan fingerprint density at radius 1 is 1.15 bits per heavy atom. The van der Waals surface area contributed by atoms with Crippen LogP contribution in [0.1, 0.15) is 11.5 Å². The van der Waals surface area contributed by atoms with Crippen LogP contribution in [0.5, 0.6) is 0 Å². The molecule has 4 rings (SSSR count). The van der Waals surface area contributed by atoms with Crippen molar-refractivity contribution in [2.75, 3.05) is 25.4 Å². The summed E-state index contributed by atoms with van der Waals surface area (Å²) in [7, 11) is -3.40. The third kappa shape index (κ3) is 3.17. The van der Waals surface area contributed by atoms with Crippen LogP contribution < -0.4 is 5.73 Å². The minimum absolute atomic E-state index is 0.0486. The van der Waals surface area contributed by atoms with Crippen molar-refractivity contribution in [2.45, 2.75) is 12.0 Å². The lowest BCUT2D eigenvalue weighted by atomic mass is 9.95. The number of benzene rings is 1. The van der Waals surface area contributed by atoms with Crippen molar-refractivity contribution in [1.29, 1.82) is 0 Å². The topological polar surface area (TPSA) is 96.1 Å². The second kappa shape index (κ2) is 6.37. The van der Waals surface area contributed by atoms with Gasteiger partial charge in [0.2, 0.25) is 0 Å². The highest BCUT2D eigenvalue weighted by molar-refractivity contribution is 7.90. The molecule has 3 heterocycles. The van der Waals surface area contributed by atoms with Crippen LogP contribution in [0.4, 0.5) is 0 Å². The van der Waals surface area contributed by atoms with E-state index < -0.39 is 10.0 Å². The van der Waals surface area contributed by atoms with Crippen molar-refractivity contribution < 1.29 is 13.2 Å². The van der Waals surface area contributed by atoms with E-state index in [1.165, 1.54) is 0 Å². The summed E-state index contributed by atoms with van der Waals surface area (Å²) in [6, 6.07) is 9.88. The number of hydrogen-bond donors (Lipinski definition) is 1. The summed E-state index contributed by atoms with van der Waals surface area (Å²) >= 11 is 0. The third-order valence-corrected chi connectivity index (χ3v) is 6.11. The van der Waals surface area contributed by atoms with Crippen molar-refractivity contribution in [3.8, 4) is 0 Å². The van der Waals surface area contributed by atoms with E-state index in [0.29, 0.717) is 31.0 Å². The molecule has 0 unspecified atom stereocenters. The zero-order chi connectivity index (χ0) is 18.3. The van der Waals surface area contributed by atoms with Crippen molar-refractivity contribution in [2.24, 2.45) is 10.1 Å². The van der Waals surface area contributed by atoms with Gasteiger partial charge in [-0.25, -0.2) is 8.42 Å². The lowest BCUT2D eigenvalue weighted by Crippen LogP contribution is -2.39. The van der Waals surface area contributed by atoms with Crippen LogP contribution in [0.3, 0.4) is 0 Å². The van der Waals surface area contributed by atoms with E-state index in [0.717, 1.165) is 5.56 Å². The molecule has 136 valence electrons. The predicted octanol–water partition coefficient (Wildman–Crippen LogP) is 0.437. The molecule has 0 saturated carbocycles. The first-order valence-electron chi connectivity index (χ1n) is 8.52. The fourth-order valence-corrected chi connectivity index (χ4v) is 4.53. The average molecular weight is 372 g/mol. The number of rotatable bonds is 2. The minimum Gasteiger partial charge on any atom is -0.336 e. The van der Waals surface area contributed by atoms with Gasteiger partial charge in [0.25, 0.3) is 15.9 Å². The number of fused-ring (bicyclic) bond motifs is 1. The maximum Gasteiger partial charge on any atom is 0.256 e. The Bertz CT molecular complexity index is 921. The highest BCUT2D eigenvalue weighted by Gasteiger charge is 2.35. The zero-order valence-electron chi connectivity index (χ0n) is 14.2. The van der Waals surface area contributed by atoms with Crippen LogP contribution in [0.15, 0.2) is 58.7 Å². The van der Waals surface area contributed by atoms with Crippen molar-refractivity contribution in [1.82, 2.24) is 9.80 Å². The molecule has 7 nitrogen and oxygen atoms in total. The van der Waals surface area contributed by atoms with E-state index >= 15 is 0 Å². The smallest absolute Gasteiger partial charge is 0.256 e. The van der Waals surface area contributed by atoms with Gasteiger partial charge in [-0.15, -0.1) is 4.40 Å². The number of likely N-dealkylation sites (tertiary alicyclic amines) is 1. The molecule has 0 radical (unpaired) electrons. The fraction of sp³-hybridized carbons (Fsp3) is 0.333. The molecule has 3 aliphatic rings. The van der Waals surface area contributed by atoms with Gasteiger partial charge in [0, 0.05) is 37.8 Å². The predicted molar refractivity (Wildman–Crippen MR) is 98.9 cm³/mol. The van der Waals surface area contributed by atoms with Crippen molar-refractivity contribution >= 4 is 21.8 Å². The Morgan fingerprint density at radius 3 is 2.69 bits per heavy atom. The van der Waals surface area contributed by atoms with Crippen LogP contribution in [-0.4, -0.2) is 61.4 Å². The van der Waals surface area contributed by atoms with Gasteiger partial charge in [-0.2, -0.15) is 0 Å². The second-order valence-corrected chi connectivity index (χ2v) is 8.49. The fourth-order valence-electron chi connectivity index (χ4n) is 3.56. The summed E-state index contributed by atoms with van der Waals surface area (Å²) in [6.07, 6.45) is 4.88. The summed E-state index contributed by atoms with van der Waals surface area (Å²) < 4.78 is 26.9. The summed E-state index contributed by atoms with van der Waals surface area (Å²) in [5.41, 5.74) is 7.93. The summed E-state index contributed by atoms with van der Waals surface area (Å²) in [5.74, 6) is 0.328. The monoisotopic (exact) mass is 372 g/mol. The molecule has 1 saturated heterocycles. The number of nitrogens with two attached hydrogens (primary N) is 1. The highest BCUT2D eigenvalue weighted by Crippen LogP contribution is 2.28. The highest BCUT2D eigenvalue weighted by atomic mass is 32.2. The number of carbonyl (C=O) groups excluding carboxylic acids is 1. The number of hydrogen-bond acceptors (Lipinski definition) is 5. The minimum atomic E-state index is -3.40. The van der Waals surface area contributed by atoms with Crippen LogP contribution in [0.25, 0.3) is 0 Å². The van der Waals surface area contributed by atoms with Gasteiger partial charge in [0.15, 0.2) is 0 Å². The number of nitrogens with zero attached hydrogens (tertiary/aromatic N) is 3. The molecule has 3 aliphatic heterocycles. The van der Waals surface area contributed by atoms with E-state index in [1.807, 2.05) is 30.3 Å². The van der Waals surface area contributed by atoms with E-state index in [-0.39, 0.29) is 23.6 Å². The van der Waals surface area contributed by atoms with Gasteiger partial charge in [-0.1, -0.05) is 30.3 Å². The standard InChI is InChI=1S/C18H20N4O3S/c19-16-12-22(11-15(16)13-4-2-1-3-5-13)18(23)14-6-7-17-20-26(24,25)9-8-21(17)10-14/h1-7,10,15-16H,8-9,11-12,19H2/t15-,16+/m0/s1. The van der Waals surface area contributed by atoms with Gasteiger partial charge in [0.05, 0.1) is 11.3 Å². The Morgan fingerprint density at radius 2 is 1.92 bits per heavy atom. The quantitative estimate of drug-likeness (QED) is 0.813. The second-order valence-electron chi connectivity index (χ2n) is 6.74. The van der Waals surface area contributed by atoms with E-state index in [2.05, 4.69) is 4.40 Å². The van der Waals surface area contributed by atoms with E-state index in [9.17, 15) is 13.2 Å². The molecule has 8 heteroatoms. The Labute approximate surface area is 152 Å². The Kier molecular flexibility index (Phi) is 4.16. The molecule has 0 aliphatic carbocycles. The van der Waals surface area contributed by atoms with Gasteiger partial charge >= 0.3 is 0 Å². The molecule has 2 N–H and O–H groups in total. The molecule has 2 atom stereocenters. The molecule has 0 bridgehead atoms. The zero-order valence-corrected chi connectivity index (χ0v) is 15.0. The maximum absolute atomic E-state index is 12.9. The van der Waals surface area contributed by atoms with Crippen LogP contribution in [0.2, 0.25) is 0 Å². The van der Waals surface area contributed by atoms with Gasteiger partial charge in [-0.05, 0) is 17.7 Å². The lowest BCUT2D eigenvalue weighted by molar-refractivity contribution is -0.125. The SMILES string of the molecule is N[C@@H]1CN(C(=O)C2=CN3CCS(=O)(=O)N=C3C=C2)C[C@H]1c1ccccc1. The van der Waals surface area contributed by atoms with Crippen molar-refractivity contribution in [3.63, 3.8) is 0 Å². The molecule has 0 spiro atoms. The van der Waals surface area contributed by atoms with Gasteiger partial charge < -0.3 is 15.5 Å². The van der Waals surface area contributed by atoms with Crippen LogP contribution in [-0.2, 0) is 14.8 Å². The summed E-state index contributed by atoms with van der Waals surface area (Å²) in [6.45, 7) is 1.37. The first-order chi connectivity index (χ1) is 12.4. The molecule has 1 amide bonds. The average Bonchev–Trinajstić information content (AvgIpc) is 3.02. The Balaban J connectivity index is 1.51. The molecule has 1 fully saturated rings. The largest absolute Gasteiger partial charge is 0.336 e. The third-order valence-electron chi connectivity index (χ3n) is 4.95. The lowest BCUT2D eigenvalue weighted by Gasteiger charge is -2.28. The van der Waals surface area contributed by atoms with Gasteiger partial charge in [-0.3, -0.25) is 4.79 Å². The molecule has 1 aromatic rings. The number of amides is 1. The number of amidine groups is 1. The maximum atomic E-state index is 12.9. The number of carbonyl (C=O) groups is 1. The molecule has 1 aromatic carbocycles. The molecule has 0 aromatic heterocycles. The summed E-state index contributed by atoms with van der Waals surface area (Å²) in [5, 5.41) is 0. The first-order valence-corrected chi connectivity index (χ1v) is 10.1.